The van der Waals surface area contributed by atoms with E-state index in [1.807, 2.05) is 0 Å². The van der Waals surface area contributed by atoms with Crippen LogP contribution in [-0.4, -0.2) is 55.4 Å². The molecule has 2 amide bonds. The molecule has 1 saturated carbocycles. The Balaban J connectivity index is 1.83. The van der Waals surface area contributed by atoms with Gasteiger partial charge in [0.2, 0.25) is 0 Å². The Morgan fingerprint density at radius 1 is 1.33 bits per heavy atom. The number of amides is 2. The van der Waals surface area contributed by atoms with Gasteiger partial charge in [0.1, 0.15) is 0 Å². The van der Waals surface area contributed by atoms with Gasteiger partial charge >= 0.3 is 12.0 Å². The second kappa shape index (κ2) is 7.11. The van der Waals surface area contributed by atoms with Crippen LogP contribution in [0.3, 0.4) is 0 Å². The van der Waals surface area contributed by atoms with Crippen LogP contribution >= 0.6 is 0 Å². The number of likely N-dealkylation sites (tertiary alicyclic amines) is 1. The third-order valence-electron chi connectivity index (χ3n) is 4.80. The average molecular weight is 298 g/mol. The first kappa shape index (κ1) is 16.1. The Labute approximate surface area is 125 Å². The summed E-state index contributed by atoms with van der Waals surface area (Å²) >= 11 is 0. The monoisotopic (exact) mass is 298 g/mol. The zero-order valence-corrected chi connectivity index (χ0v) is 12.8. The summed E-state index contributed by atoms with van der Waals surface area (Å²) in [6.07, 6.45) is 6.34. The van der Waals surface area contributed by atoms with E-state index in [1.54, 1.807) is 12.0 Å². The smallest absolute Gasteiger partial charge is 0.317 e. The van der Waals surface area contributed by atoms with Gasteiger partial charge in [0.15, 0.2) is 0 Å². The molecule has 0 bridgehead atoms. The van der Waals surface area contributed by atoms with Gasteiger partial charge in [0, 0.05) is 32.2 Å². The van der Waals surface area contributed by atoms with Gasteiger partial charge in [-0.2, -0.15) is 0 Å². The van der Waals surface area contributed by atoms with E-state index in [4.69, 9.17) is 9.84 Å². The van der Waals surface area contributed by atoms with Crippen LogP contribution in [0.25, 0.3) is 0 Å². The van der Waals surface area contributed by atoms with Crippen LogP contribution in [-0.2, 0) is 9.53 Å². The van der Waals surface area contributed by atoms with Gasteiger partial charge in [-0.15, -0.1) is 0 Å². The lowest BCUT2D eigenvalue weighted by Gasteiger charge is -2.37. The topological polar surface area (TPSA) is 78.9 Å². The molecule has 1 aliphatic heterocycles. The number of nitrogens with zero attached hydrogens (tertiary/aromatic N) is 1. The van der Waals surface area contributed by atoms with Gasteiger partial charge < -0.3 is 20.1 Å². The second-order valence-corrected chi connectivity index (χ2v) is 6.42. The lowest BCUT2D eigenvalue weighted by molar-refractivity contribution is -0.141. The van der Waals surface area contributed by atoms with Crippen molar-refractivity contribution in [1.29, 1.82) is 0 Å². The standard InChI is InChI=1S/C15H26N2O4/c1-21-11-15(6-3-2-4-7-15)10-16-14(20)17-8-5-12(9-17)13(18)19/h12H,2-11H2,1H3,(H,16,20)(H,18,19). The highest BCUT2D eigenvalue weighted by molar-refractivity contribution is 5.77. The van der Waals surface area contributed by atoms with Crippen molar-refractivity contribution in [2.75, 3.05) is 33.4 Å². The van der Waals surface area contributed by atoms with E-state index in [0.29, 0.717) is 32.7 Å². The summed E-state index contributed by atoms with van der Waals surface area (Å²) in [7, 11) is 1.70. The molecule has 1 saturated heterocycles. The number of carbonyl (C=O) groups excluding carboxylic acids is 1. The molecule has 2 N–H and O–H groups in total. The summed E-state index contributed by atoms with van der Waals surface area (Å²) < 4.78 is 5.35. The molecule has 1 heterocycles. The predicted octanol–water partition coefficient (Wildman–Crippen LogP) is 1.70. The minimum atomic E-state index is -0.812. The largest absolute Gasteiger partial charge is 0.481 e. The molecule has 0 aromatic carbocycles. The first-order valence-corrected chi connectivity index (χ1v) is 7.81. The first-order valence-electron chi connectivity index (χ1n) is 7.81. The van der Waals surface area contributed by atoms with Gasteiger partial charge in [0.25, 0.3) is 0 Å². The maximum absolute atomic E-state index is 12.2. The molecule has 6 heteroatoms. The number of nitrogens with one attached hydrogen (secondary N) is 1. The minimum Gasteiger partial charge on any atom is -0.481 e. The predicted molar refractivity (Wildman–Crippen MR) is 78.1 cm³/mol. The Kier molecular flexibility index (Phi) is 5.45. The third-order valence-corrected chi connectivity index (χ3v) is 4.80. The normalized spacial score (nSPS) is 24.8. The molecular weight excluding hydrogens is 272 g/mol. The van der Waals surface area contributed by atoms with Crippen molar-refractivity contribution < 1.29 is 19.4 Å². The van der Waals surface area contributed by atoms with Crippen molar-refractivity contribution in [2.45, 2.75) is 38.5 Å². The molecule has 21 heavy (non-hydrogen) atoms. The highest BCUT2D eigenvalue weighted by Crippen LogP contribution is 2.36. The van der Waals surface area contributed by atoms with Crippen molar-refractivity contribution in [1.82, 2.24) is 10.2 Å². The van der Waals surface area contributed by atoms with E-state index in [9.17, 15) is 9.59 Å². The third kappa shape index (κ3) is 4.09. The highest BCUT2D eigenvalue weighted by atomic mass is 16.5. The molecule has 0 spiro atoms. The number of carbonyl (C=O) groups is 2. The van der Waals surface area contributed by atoms with Gasteiger partial charge in [-0.25, -0.2) is 4.79 Å². The van der Waals surface area contributed by atoms with Gasteiger partial charge in [-0.3, -0.25) is 4.79 Å². The summed E-state index contributed by atoms with van der Waals surface area (Å²) in [6, 6.07) is -0.139. The van der Waals surface area contributed by atoms with E-state index in [0.717, 1.165) is 12.8 Å². The lowest BCUT2D eigenvalue weighted by atomic mass is 9.74. The van der Waals surface area contributed by atoms with E-state index in [2.05, 4.69) is 5.32 Å². The molecule has 2 aliphatic rings. The number of hydrogen-bond acceptors (Lipinski definition) is 3. The van der Waals surface area contributed by atoms with E-state index in [1.165, 1.54) is 19.3 Å². The Morgan fingerprint density at radius 3 is 2.62 bits per heavy atom. The Hall–Kier alpha value is -1.30. The summed E-state index contributed by atoms with van der Waals surface area (Å²) in [4.78, 5) is 24.7. The van der Waals surface area contributed by atoms with Crippen LogP contribution in [0.15, 0.2) is 0 Å². The van der Waals surface area contributed by atoms with Crippen LogP contribution < -0.4 is 5.32 Å². The van der Waals surface area contributed by atoms with Crippen LogP contribution in [0.5, 0.6) is 0 Å². The van der Waals surface area contributed by atoms with Crippen molar-refractivity contribution in [2.24, 2.45) is 11.3 Å². The van der Waals surface area contributed by atoms with Crippen LogP contribution in [0.2, 0.25) is 0 Å². The minimum absolute atomic E-state index is 0.0502. The molecule has 1 aliphatic carbocycles. The average Bonchev–Trinajstić information content (AvgIpc) is 2.96. The SMILES string of the molecule is COCC1(CNC(=O)N2CCC(C(=O)O)C2)CCCCC1. The number of ether oxygens (including phenoxy) is 1. The van der Waals surface area contributed by atoms with Crippen molar-refractivity contribution in [3.63, 3.8) is 0 Å². The highest BCUT2D eigenvalue weighted by Gasteiger charge is 2.35. The fourth-order valence-electron chi connectivity index (χ4n) is 3.50. The van der Waals surface area contributed by atoms with Crippen LogP contribution in [0.1, 0.15) is 38.5 Å². The molecule has 0 radical (unpaired) electrons. The molecule has 6 nitrogen and oxygen atoms in total. The second-order valence-electron chi connectivity index (χ2n) is 6.42. The van der Waals surface area contributed by atoms with Gasteiger partial charge in [0.05, 0.1) is 12.5 Å². The molecule has 1 unspecified atom stereocenters. The number of methoxy groups -OCH3 is 1. The van der Waals surface area contributed by atoms with E-state index in [-0.39, 0.29) is 11.4 Å². The quantitative estimate of drug-likeness (QED) is 0.809. The summed E-state index contributed by atoms with van der Waals surface area (Å²) in [5.41, 5.74) is 0.0502. The Bertz CT molecular complexity index is 374. The van der Waals surface area contributed by atoms with Crippen LogP contribution in [0.4, 0.5) is 4.79 Å². The number of aliphatic carboxylic acids is 1. The summed E-state index contributed by atoms with van der Waals surface area (Å²) in [6.45, 7) is 2.14. The number of carboxylic acid groups (broad SMARTS) is 1. The zero-order chi connectivity index (χ0) is 15.3. The number of urea groups is 1. The molecule has 1 atom stereocenters. The first-order chi connectivity index (χ1) is 10.1. The summed E-state index contributed by atoms with van der Waals surface area (Å²) in [5.74, 6) is -1.23. The molecule has 2 fully saturated rings. The van der Waals surface area contributed by atoms with Crippen molar-refractivity contribution in [3.05, 3.63) is 0 Å². The Morgan fingerprint density at radius 2 is 2.05 bits per heavy atom. The number of rotatable bonds is 5. The van der Waals surface area contributed by atoms with Crippen molar-refractivity contribution >= 4 is 12.0 Å². The van der Waals surface area contributed by atoms with E-state index < -0.39 is 11.9 Å². The van der Waals surface area contributed by atoms with Gasteiger partial charge in [-0.05, 0) is 19.3 Å². The molecule has 2 rings (SSSR count). The molecule has 120 valence electrons. The van der Waals surface area contributed by atoms with Gasteiger partial charge in [-0.1, -0.05) is 19.3 Å². The molecular formula is C15H26N2O4. The number of hydrogen-bond donors (Lipinski definition) is 2. The maximum atomic E-state index is 12.2. The number of carboxylic acids is 1. The summed E-state index contributed by atoms with van der Waals surface area (Å²) in [5, 5.41) is 12.0. The lowest BCUT2D eigenvalue weighted by Crippen LogP contribution is -2.46. The molecule has 0 aromatic rings. The fraction of sp³-hybridized carbons (Fsp3) is 0.867. The molecule has 0 aromatic heterocycles. The van der Waals surface area contributed by atoms with Crippen molar-refractivity contribution in [3.8, 4) is 0 Å². The zero-order valence-electron chi connectivity index (χ0n) is 12.8. The maximum Gasteiger partial charge on any atom is 0.317 e. The van der Waals surface area contributed by atoms with Crippen LogP contribution in [0, 0.1) is 11.3 Å². The fourth-order valence-corrected chi connectivity index (χ4v) is 3.50. The van der Waals surface area contributed by atoms with E-state index >= 15 is 0 Å².